The van der Waals surface area contributed by atoms with E-state index in [0.29, 0.717) is 6.04 Å². The first-order valence-electron chi connectivity index (χ1n) is 4.85. The van der Waals surface area contributed by atoms with Crippen LogP contribution >= 0.6 is 11.3 Å². The van der Waals surface area contributed by atoms with E-state index in [2.05, 4.69) is 35.6 Å². The molecule has 1 aromatic rings. The third-order valence-electron chi connectivity index (χ3n) is 2.00. The third kappa shape index (κ3) is 3.60. The molecule has 14 heavy (non-hydrogen) atoms. The lowest BCUT2D eigenvalue weighted by molar-refractivity contribution is 0.652. The molecule has 1 aromatic heterocycles. The van der Waals surface area contributed by atoms with Gasteiger partial charge in [-0.15, -0.1) is 11.3 Å². The summed E-state index contributed by atoms with van der Waals surface area (Å²) < 4.78 is 0. The van der Waals surface area contributed by atoms with Crippen LogP contribution in [0.3, 0.4) is 0 Å². The number of hydrogen-bond acceptors (Lipinski definition) is 3. The van der Waals surface area contributed by atoms with E-state index < -0.39 is 0 Å². The summed E-state index contributed by atoms with van der Waals surface area (Å²) in [7, 11) is 1.99. The molecule has 0 spiro atoms. The number of likely N-dealkylation sites (N-methyl/N-ethyl adjacent to an activating group) is 1. The highest BCUT2D eigenvalue weighted by molar-refractivity contribution is 7.09. The maximum atomic E-state index is 4.45. The minimum Gasteiger partial charge on any atom is -0.313 e. The number of allylic oxidation sites excluding steroid dienone is 1. The minimum atomic E-state index is 0.404. The molecule has 1 heterocycles. The average Bonchev–Trinajstić information content (AvgIpc) is 2.49. The first-order valence-corrected chi connectivity index (χ1v) is 5.73. The Kier molecular flexibility index (Phi) is 4.29. The Bertz CT molecular complexity index is 311. The number of rotatable bonds is 4. The van der Waals surface area contributed by atoms with Crippen molar-refractivity contribution < 1.29 is 0 Å². The van der Waals surface area contributed by atoms with Crippen molar-refractivity contribution in [1.29, 1.82) is 0 Å². The Morgan fingerprint density at radius 3 is 2.79 bits per heavy atom. The number of nitrogens with zero attached hydrogens (tertiary/aromatic N) is 1. The monoisotopic (exact) mass is 210 g/mol. The van der Waals surface area contributed by atoms with Crippen LogP contribution < -0.4 is 5.32 Å². The van der Waals surface area contributed by atoms with Gasteiger partial charge < -0.3 is 5.32 Å². The van der Waals surface area contributed by atoms with Gasteiger partial charge in [0, 0.05) is 17.8 Å². The topological polar surface area (TPSA) is 24.9 Å². The van der Waals surface area contributed by atoms with Crippen LogP contribution in [-0.2, 0) is 6.42 Å². The second kappa shape index (κ2) is 5.27. The zero-order chi connectivity index (χ0) is 10.6. The van der Waals surface area contributed by atoms with E-state index in [9.17, 15) is 0 Å². The van der Waals surface area contributed by atoms with Gasteiger partial charge in [-0.1, -0.05) is 11.6 Å². The summed E-state index contributed by atoms with van der Waals surface area (Å²) in [4.78, 5) is 4.45. The summed E-state index contributed by atoms with van der Waals surface area (Å²) in [5.41, 5.74) is 2.53. The predicted octanol–water partition coefficient (Wildman–Crippen LogP) is 2.55. The summed E-state index contributed by atoms with van der Waals surface area (Å²) in [5, 5.41) is 6.56. The fraction of sp³-hybridized carbons (Fsp3) is 0.545. The van der Waals surface area contributed by atoms with Crippen LogP contribution in [0.25, 0.3) is 0 Å². The molecule has 0 aliphatic heterocycles. The molecule has 1 rings (SSSR count). The summed E-state index contributed by atoms with van der Waals surface area (Å²) in [6, 6.07) is 0.404. The van der Waals surface area contributed by atoms with Crippen molar-refractivity contribution in [1.82, 2.24) is 10.3 Å². The predicted molar refractivity (Wildman–Crippen MR) is 62.8 cm³/mol. The highest BCUT2D eigenvalue weighted by Gasteiger charge is 2.06. The molecule has 0 saturated carbocycles. The number of aryl methyl sites for hydroxylation is 1. The summed E-state index contributed by atoms with van der Waals surface area (Å²) in [6.07, 6.45) is 3.22. The first kappa shape index (κ1) is 11.4. The SMILES string of the molecule is CNC(C=C(C)C)Cc1csc(C)n1. The third-order valence-corrected chi connectivity index (χ3v) is 2.82. The molecule has 0 bridgehead atoms. The Hall–Kier alpha value is -0.670. The molecule has 1 N–H and O–H groups in total. The maximum absolute atomic E-state index is 4.45. The van der Waals surface area contributed by atoms with Gasteiger partial charge in [-0.3, -0.25) is 0 Å². The van der Waals surface area contributed by atoms with E-state index in [0.717, 1.165) is 11.4 Å². The molecule has 0 aromatic carbocycles. The molecule has 0 fully saturated rings. The van der Waals surface area contributed by atoms with Gasteiger partial charge in [-0.2, -0.15) is 0 Å². The van der Waals surface area contributed by atoms with Crippen molar-refractivity contribution in [3.8, 4) is 0 Å². The second-order valence-electron chi connectivity index (χ2n) is 3.70. The van der Waals surface area contributed by atoms with E-state index in [1.165, 1.54) is 11.3 Å². The number of nitrogens with one attached hydrogen (secondary N) is 1. The molecule has 0 saturated heterocycles. The largest absolute Gasteiger partial charge is 0.313 e. The lowest BCUT2D eigenvalue weighted by Gasteiger charge is -2.10. The van der Waals surface area contributed by atoms with E-state index in [1.807, 2.05) is 14.0 Å². The van der Waals surface area contributed by atoms with Crippen molar-refractivity contribution in [2.24, 2.45) is 0 Å². The smallest absolute Gasteiger partial charge is 0.0897 e. The molecule has 0 aliphatic rings. The first-order chi connectivity index (χ1) is 6.61. The van der Waals surface area contributed by atoms with Crippen LogP contribution in [0, 0.1) is 6.92 Å². The fourth-order valence-corrected chi connectivity index (χ4v) is 2.00. The van der Waals surface area contributed by atoms with Gasteiger partial charge in [0.2, 0.25) is 0 Å². The Labute approximate surface area is 90.1 Å². The average molecular weight is 210 g/mol. The zero-order valence-electron chi connectivity index (χ0n) is 9.29. The summed E-state index contributed by atoms with van der Waals surface area (Å²) in [6.45, 7) is 6.29. The van der Waals surface area contributed by atoms with Crippen LogP contribution in [-0.4, -0.2) is 18.1 Å². The van der Waals surface area contributed by atoms with Crippen LogP contribution in [0.15, 0.2) is 17.0 Å². The zero-order valence-corrected chi connectivity index (χ0v) is 10.1. The molecule has 0 radical (unpaired) electrons. The molecular formula is C11H18N2S. The maximum Gasteiger partial charge on any atom is 0.0897 e. The Morgan fingerprint density at radius 2 is 2.36 bits per heavy atom. The molecule has 3 heteroatoms. The van der Waals surface area contributed by atoms with E-state index in [1.54, 1.807) is 11.3 Å². The Balaban J connectivity index is 2.61. The van der Waals surface area contributed by atoms with Gasteiger partial charge in [0.05, 0.1) is 10.7 Å². The van der Waals surface area contributed by atoms with Gasteiger partial charge in [0.1, 0.15) is 0 Å². The van der Waals surface area contributed by atoms with E-state index in [-0.39, 0.29) is 0 Å². The molecule has 2 nitrogen and oxygen atoms in total. The normalized spacial score (nSPS) is 12.6. The Morgan fingerprint density at radius 1 is 1.64 bits per heavy atom. The number of hydrogen-bond donors (Lipinski definition) is 1. The van der Waals surface area contributed by atoms with Crippen molar-refractivity contribution in [3.63, 3.8) is 0 Å². The highest BCUT2D eigenvalue weighted by atomic mass is 32.1. The molecule has 1 atom stereocenters. The van der Waals surface area contributed by atoms with Gasteiger partial charge in [-0.05, 0) is 27.8 Å². The van der Waals surface area contributed by atoms with E-state index >= 15 is 0 Å². The molecule has 78 valence electrons. The van der Waals surface area contributed by atoms with Crippen molar-refractivity contribution in [2.45, 2.75) is 33.2 Å². The molecule has 0 amide bonds. The van der Waals surface area contributed by atoms with Crippen LogP contribution in [0.1, 0.15) is 24.5 Å². The number of aromatic nitrogens is 1. The molecule has 0 aliphatic carbocycles. The summed E-state index contributed by atoms with van der Waals surface area (Å²) in [5.74, 6) is 0. The van der Waals surface area contributed by atoms with Crippen molar-refractivity contribution in [2.75, 3.05) is 7.05 Å². The standard InChI is InChI=1S/C11H18N2S/c1-8(2)5-10(12-4)6-11-7-14-9(3)13-11/h5,7,10,12H,6H2,1-4H3. The fourth-order valence-electron chi connectivity index (χ4n) is 1.37. The van der Waals surface area contributed by atoms with Gasteiger partial charge in [0.15, 0.2) is 0 Å². The lowest BCUT2D eigenvalue weighted by atomic mass is 10.1. The van der Waals surface area contributed by atoms with Crippen LogP contribution in [0.4, 0.5) is 0 Å². The highest BCUT2D eigenvalue weighted by Crippen LogP contribution is 2.10. The van der Waals surface area contributed by atoms with Crippen molar-refractivity contribution in [3.05, 3.63) is 27.7 Å². The second-order valence-corrected chi connectivity index (χ2v) is 4.76. The summed E-state index contributed by atoms with van der Waals surface area (Å²) >= 11 is 1.72. The minimum absolute atomic E-state index is 0.404. The van der Waals surface area contributed by atoms with E-state index in [4.69, 9.17) is 0 Å². The molecular weight excluding hydrogens is 192 g/mol. The van der Waals surface area contributed by atoms with Gasteiger partial charge in [0.25, 0.3) is 0 Å². The van der Waals surface area contributed by atoms with Crippen LogP contribution in [0.2, 0.25) is 0 Å². The van der Waals surface area contributed by atoms with Gasteiger partial charge in [-0.25, -0.2) is 4.98 Å². The van der Waals surface area contributed by atoms with Gasteiger partial charge >= 0.3 is 0 Å². The quantitative estimate of drug-likeness (QED) is 0.773. The van der Waals surface area contributed by atoms with Crippen molar-refractivity contribution >= 4 is 11.3 Å². The van der Waals surface area contributed by atoms with Crippen LogP contribution in [0.5, 0.6) is 0 Å². The lowest BCUT2D eigenvalue weighted by Crippen LogP contribution is -2.25. The molecule has 1 unspecified atom stereocenters. The number of thiazole rings is 1.